The average molecular weight is 472 g/mol. The Hall–Kier alpha value is -3.00. The van der Waals surface area contributed by atoms with Crippen LogP contribution in [0, 0.1) is 29.1 Å². The summed E-state index contributed by atoms with van der Waals surface area (Å²) in [6, 6.07) is 3.75. The molecule has 2 atom stereocenters. The van der Waals surface area contributed by atoms with E-state index in [1.165, 1.54) is 17.7 Å². The van der Waals surface area contributed by atoms with Gasteiger partial charge < -0.3 is 5.32 Å². The maximum Gasteiger partial charge on any atom is 0.245 e. The fraction of sp³-hybridized carbons (Fsp3) is 0.591. The number of anilines is 3. The smallest absolute Gasteiger partial charge is 0.245 e. The number of rotatable bonds is 4. The molecule has 0 radical (unpaired) electrons. The number of nitrogens with zero attached hydrogens (tertiary/aromatic N) is 6. The van der Waals surface area contributed by atoms with Crippen LogP contribution < -0.4 is 10.2 Å². The molecule has 0 bridgehead atoms. The number of hydrogen-bond donors (Lipinski definition) is 1. The number of aromatic nitrogens is 4. The number of nitriles is 1. The number of amides is 1. The molecule has 33 heavy (non-hydrogen) atoms. The van der Waals surface area contributed by atoms with Crippen molar-refractivity contribution in [3.05, 3.63) is 24.7 Å². The number of nitrogens with one attached hydrogen (secondary N) is 1. The summed E-state index contributed by atoms with van der Waals surface area (Å²) < 4.78 is 25.0. The summed E-state index contributed by atoms with van der Waals surface area (Å²) in [6.07, 6.45) is 9.05. The molecule has 1 N–H and O–H groups in total. The van der Waals surface area contributed by atoms with Crippen molar-refractivity contribution < 1.29 is 13.2 Å². The lowest BCUT2D eigenvalue weighted by molar-refractivity contribution is -0.119. The van der Waals surface area contributed by atoms with Crippen LogP contribution in [-0.2, 0) is 14.6 Å². The normalized spacial score (nSPS) is 24.6. The molecule has 2 saturated heterocycles. The zero-order valence-electron chi connectivity index (χ0n) is 18.9. The standard InChI is InChI=1S/C18H21N7O3S.C4H8/c1-12-10-24(17(26)15(12)8-19)16-2-5-20-18(23-16)22-13-9-21-25(11-13)14-3-6-29(27,28)7-4-14;1-4-2-3-4/h2,5,9,11-12,14-15H,3-4,6-7,10H2,1H3,(H,20,22,23);4H,2-3H2,1H3/t12-,15+;/m1./s1. The first-order chi connectivity index (χ1) is 15.8. The molecule has 4 heterocycles. The average Bonchev–Trinajstić information content (AvgIpc) is 3.32. The second-order valence-electron chi connectivity index (χ2n) is 9.17. The molecule has 2 aromatic rings. The first-order valence-electron chi connectivity index (χ1n) is 11.3. The number of carbonyl (C=O) groups excluding carboxylic acids is 1. The molecule has 10 nitrogen and oxygen atoms in total. The van der Waals surface area contributed by atoms with E-state index in [2.05, 4.69) is 33.4 Å². The Bertz CT molecular complexity index is 1140. The Balaban J connectivity index is 0.000000586. The third-order valence-corrected chi connectivity index (χ3v) is 7.97. The monoisotopic (exact) mass is 471 g/mol. The van der Waals surface area contributed by atoms with E-state index in [1.54, 1.807) is 29.3 Å². The highest BCUT2D eigenvalue weighted by Crippen LogP contribution is 2.29. The molecule has 176 valence electrons. The minimum atomic E-state index is -2.92. The van der Waals surface area contributed by atoms with E-state index in [4.69, 9.17) is 0 Å². The number of sulfone groups is 1. The van der Waals surface area contributed by atoms with Crippen molar-refractivity contribution >= 4 is 33.2 Å². The van der Waals surface area contributed by atoms with Gasteiger partial charge in [-0.05, 0) is 30.7 Å². The van der Waals surface area contributed by atoms with Gasteiger partial charge in [0.15, 0.2) is 0 Å². The van der Waals surface area contributed by atoms with E-state index >= 15 is 0 Å². The molecule has 3 aliphatic rings. The summed E-state index contributed by atoms with van der Waals surface area (Å²) in [5, 5.41) is 16.6. The summed E-state index contributed by atoms with van der Waals surface area (Å²) in [7, 11) is -2.92. The molecule has 0 aromatic carbocycles. The Morgan fingerprint density at radius 2 is 1.88 bits per heavy atom. The molecule has 5 rings (SSSR count). The lowest BCUT2D eigenvalue weighted by Crippen LogP contribution is -2.27. The lowest BCUT2D eigenvalue weighted by atomic mass is 10.00. The van der Waals surface area contributed by atoms with Crippen molar-refractivity contribution in [3.8, 4) is 6.07 Å². The van der Waals surface area contributed by atoms with Crippen LogP contribution in [0.5, 0.6) is 0 Å². The second kappa shape index (κ2) is 9.47. The minimum absolute atomic E-state index is 0.0490. The molecule has 0 spiro atoms. The van der Waals surface area contributed by atoms with Gasteiger partial charge in [0.25, 0.3) is 0 Å². The maximum atomic E-state index is 12.4. The largest absolute Gasteiger partial charge is 0.321 e. The van der Waals surface area contributed by atoms with E-state index in [-0.39, 0.29) is 29.4 Å². The van der Waals surface area contributed by atoms with Crippen LogP contribution in [0.4, 0.5) is 17.5 Å². The third-order valence-electron chi connectivity index (χ3n) is 6.25. The molecular formula is C22H29N7O3S. The van der Waals surface area contributed by atoms with Gasteiger partial charge in [0.2, 0.25) is 11.9 Å². The molecule has 0 unspecified atom stereocenters. The molecule has 1 aliphatic carbocycles. The topological polar surface area (TPSA) is 134 Å². The van der Waals surface area contributed by atoms with Crippen LogP contribution in [0.2, 0.25) is 0 Å². The fourth-order valence-electron chi connectivity index (χ4n) is 3.88. The Labute approximate surface area is 193 Å². The van der Waals surface area contributed by atoms with E-state index in [0.29, 0.717) is 36.8 Å². The number of hydrogen-bond acceptors (Lipinski definition) is 8. The van der Waals surface area contributed by atoms with E-state index < -0.39 is 15.8 Å². The van der Waals surface area contributed by atoms with Crippen LogP contribution in [0.25, 0.3) is 0 Å². The van der Waals surface area contributed by atoms with Crippen molar-refractivity contribution in [2.24, 2.45) is 17.8 Å². The van der Waals surface area contributed by atoms with E-state index in [9.17, 15) is 18.5 Å². The van der Waals surface area contributed by atoms with Crippen LogP contribution in [-0.4, -0.2) is 52.1 Å². The van der Waals surface area contributed by atoms with E-state index in [1.807, 2.05) is 6.92 Å². The van der Waals surface area contributed by atoms with Gasteiger partial charge in [0, 0.05) is 18.9 Å². The van der Waals surface area contributed by atoms with Crippen LogP contribution >= 0.6 is 0 Å². The molecular weight excluding hydrogens is 442 g/mol. The first-order valence-corrected chi connectivity index (χ1v) is 13.1. The first kappa shape index (κ1) is 23.2. The number of carbonyl (C=O) groups is 1. The second-order valence-corrected chi connectivity index (χ2v) is 11.5. The summed E-state index contributed by atoms with van der Waals surface area (Å²) >= 11 is 0. The summed E-state index contributed by atoms with van der Waals surface area (Å²) in [4.78, 5) is 22.5. The molecule has 2 aromatic heterocycles. The van der Waals surface area contributed by atoms with Crippen LogP contribution in [0.15, 0.2) is 24.7 Å². The fourth-order valence-corrected chi connectivity index (χ4v) is 5.35. The summed E-state index contributed by atoms with van der Waals surface area (Å²) in [5.74, 6) is 1.24. The van der Waals surface area contributed by atoms with Gasteiger partial charge in [-0.3, -0.25) is 14.4 Å². The van der Waals surface area contributed by atoms with Crippen molar-refractivity contribution in [2.45, 2.75) is 45.6 Å². The summed E-state index contributed by atoms with van der Waals surface area (Å²) in [6.45, 7) is 4.59. The van der Waals surface area contributed by atoms with Gasteiger partial charge in [-0.1, -0.05) is 26.7 Å². The van der Waals surface area contributed by atoms with Crippen molar-refractivity contribution in [3.63, 3.8) is 0 Å². The Morgan fingerprint density at radius 3 is 2.48 bits per heavy atom. The maximum absolute atomic E-state index is 12.4. The van der Waals surface area contributed by atoms with Crippen molar-refractivity contribution in [2.75, 3.05) is 28.3 Å². The SMILES string of the molecule is CC1CC1.C[C@@H]1CN(c2ccnc(Nc3cnn(C4CCS(=O)(=O)CC4)c3)n2)C(=O)[C@H]1C#N. The van der Waals surface area contributed by atoms with Crippen molar-refractivity contribution in [1.82, 2.24) is 19.7 Å². The molecule has 3 fully saturated rings. The van der Waals surface area contributed by atoms with Gasteiger partial charge in [-0.25, -0.2) is 13.4 Å². The van der Waals surface area contributed by atoms with Gasteiger partial charge in [-0.2, -0.15) is 15.3 Å². The predicted molar refractivity (Wildman–Crippen MR) is 123 cm³/mol. The van der Waals surface area contributed by atoms with Gasteiger partial charge in [0.05, 0.1) is 35.5 Å². The van der Waals surface area contributed by atoms with Crippen LogP contribution in [0.1, 0.15) is 45.6 Å². The zero-order chi connectivity index (χ0) is 23.6. The lowest BCUT2D eigenvalue weighted by Gasteiger charge is -2.22. The Morgan fingerprint density at radius 1 is 1.18 bits per heavy atom. The molecule has 1 saturated carbocycles. The Kier molecular flexibility index (Phi) is 6.65. The zero-order valence-corrected chi connectivity index (χ0v) is 19.7. The van der Waals surface area contributed by atoms with Crippen LogP contribution in [0.3, 0.4) is 0 Å². The quantitative estimate of drug-likeness (QED) is 0.719. The molecule has 11 heteroatoms. The highest BCUT2D eigenvalue weighted by Gasteiger charge is 2.39. The van der Waals surface area contributed by atoms with Crippen molar-refractivity contribution in [1.29, 1.82) is 5.26 Å². The van der Waals surface area contributed by atoms with E-state index in [0.717, 1.165) is 5.92 Å². The van der Waals surface area contributed by atoms with Gasteiger partial charge >= 0.3 is 0 Å². The molecule has 2 aliphatic heterocycles. The summed E-state index contributed by atoms with van der Waals surface area (Å²) in [5.41, 5.74) is 0.673. The third kappa shape index (κ3) is 5.68. The highest BCUT2D eigenvalue weighted by molar-refractivity contribution is 7.91. The molecule has 1 amide bonds. The minimum Gasteiger partial charge on any atom is -0.321 e. The predicted octanol–water partition coefficient (Wildman–Crippen LogP) is 2.71. The van der Waals surface area contributed by atoms with Gasteiger partial charge in [0.1, 0.15) is 21.6 Å². The van der Waals surface area contributed by atoms with Gasteiger partial charge in [-0.15, -0.1) is 0 Å². The highest BCUT2D eigenvalue weighted by atomic mass is 32.2.